The zero-order chi connectivity index (χ0) is 13.4. The van der Waals surface area contributed by atoms with Gasteiger partial charge in [-0.2, -0.15) is 9.37 Å². The summed E-state index contributed by atoms with van der Waals surface area (Å²) in [7, 11) is 0. The summed E-state index contributed by atoms with van der Waals surface area (Å²) in [6.07, 6.45) is 0. The fraction of sp³-hybridized carbons (Fsp3) is 0. The van der Waals surface area contributed by atoms with Gasteiger partial charge in [-0.25, -0.2) is 4.39 Å². The number of benzene rings is 2. The van der Waals surface area contributed by atoms with E-state index >= 15 is 0 Å². The Bertz CT molecular complexity index is 738. The molecule has 4 nitrogen and oxygen atoms in total. The molecule has 0 aliphatic rings. The molecule has 0 radical (unpaired) electrons. The molecule has 0 saturated heterocycles. The Labute approximate surface area is 106 Å². The van der Waals surface area contributed by atoms with Gasteiger partial charge in [0.25, 0.3) is 6.01 Å². The van der Waals surface area contributed by atoms with Crippen molar-refractivity contribution in [1.82, 2.24) is 4.98 Å². The molecule has 0 aliphatic heterocycles. The van der Waals surface area contributed by atoms with Crippen LogP contribution in [0, 0.1) is 11.6 Å². The zero-order valence-corrected chi connectivity index (χ0v) is 9.52. The highest BCUT2D eigenvalue weighted by Crippen LogP contribution is 2.26. The van der Waals surface area contributed by atoms with Crippen LogP contribution in [0.1, 0.15) is 0 Å². The Balaban J connectivity index is 1.97. The molecule has 0 spiro atoms. The number of oxazole rings is 1. The number of hydrogen-bond donors (Lipinski definition) is 2. The van der Waals surface area contributed by atoms with E-state index in [2.05, 4.69) is 10.3 Å². The lowest BCUT2D eigenvalue weighted by Gasteiger charge is -2.00. The first-order chi connectivity index (χ1) is 9.13. The predicted octanol–water partition coefficient (Wildman–Crippen LogP) is 3.56. The summed E-state index contributed by atoms with van der Waals surface area (Å²) in [5.74, 6) is -1.93. The lowest BCUT2D eigenvalue weighted by Crippen LogP contribution is -1.88. The molecular weight excluding hydrogens is 254 g/mol. The third kappa shape index (κ3) is 2.08. The minimum absolute atomic E-state index is 0.0465. The van der Waals surface area contributed by atoms with Crippen molar-refractivity contribution >= 4 is 22.8 Å². The average molecular weight is 262 g/mol. The van der Waals surface area contributed by atoms with Crippen LogP contribution in [0.15, 0.2) is 40.8 Å². The Kier molecular flexibility index (Phi) is 2.56. The van der Waals surface area contributed by atoms with Crippen LogP contribution in [0.2, 0.25) is 0 Å². The molecule has 0 amide bonds. The second-order valence-corrected chi connectivity index (χ2v) is 3.90. The third-order valence-corrected chi connectivity index (χ3v) is 2.57. The molecule has 0 saturated carbocycles. The summed E-state index contributed by atoms with van der Waals surface area (Å²) >= 11 is 0. The monoisotopic (exact) mass is 262 g/mol. The first kappa shape index (κ1) is 11.5. The zero-order valence-electron chi connectivity index (χ0n) is 9.52. The second-order valence-electron chi connectivity index (χ2n) is 3.90. The first-order valence-electron chi connectivity index (χ1n) is 5.44. The van der Waals surface area contributed by atoms with E-state index in [9.17, 15) is 8.78 Å². The topological polar surface area (TPSA) is 58.3 Å². The molecule has 1 heterocycles. The molecule has 0 unspecified atom stereocenters. The van der Waals surface area contributed by atoms with Crippen LogP contribution >= 0.6 is 0 Å². The van der Waals surface area contributed by atoms with Gasteiger partial charge < -0.3 is 14.8 Å². The van der Waals surface area contributed by atoms with Crippen molar-refractivity contribution in [3.8, 4) is 5.75 Å². The second kappa shape index (κ2) is 4.24. The molecule has 2 aromatic carbocycles. The Morgan fingerprint density at radius 1 is 1.05 bits per heavy atom. The molecule has 96 valence electrons. The molecule has 0 atom stereocenters. The standard InChI is InChI=1S/C13H8F2N2O2/c14-9-5-6-10-12(11(9)15)19-13(17-10)16-7-1-3-8(18)4-2-7/h1-6,18H,(H,16,17). The normalized spacial score (nSPS) is 10.8. The molecule has 0 fully saturated rings. The lowest BCUT2D eigenvalue weighted by atomic mass is 10.3. The molecule has 6 heteroatoms. The van der Waals surface area contributed by atoms with Gasteiger partial charge in [0.1, 0.15) is 11.3 Å². The Morgan fingerprint density at radius 2 is 1.79 bits per heavy atom. The quantitative estimate of drug-likeness (QED) is 0.693. The lowest BCUT2D eigenvalue weighted by molar-refractivity contribution is 0.475. The van der Waals surface area contributed by atoms with Crippen molar-refractivity contribution in [1.29, 1.82) is 0 Å². The number of rotatable bonds is 2. The van der Waals surface area contributed by atoms with Crippen LogP contribution in [0.25, 0.3) is 11.1 Å². The van der Waals surface area contributed by atoms with Crippen molar-refractivity contribution in [2.24, 2.45) is 0 Å². The Hall–Kier alpha value is -2.63. The van der Waals surface area contributed by atoms with Crippen LogP contribution < -0.4 is 5.32 Å². The maximum Gasteiger partial charge on any atom is 0.300 e. The van der Waals surface area contributed by atoms with E-state index in [0.29, 0.717) is 5.69 Å². The molecule has 2 N–H and O–H groups in total. The summed E-state index contributed by atoms with van der Waals surface area (Å²) in [5, 5.41) is 11.9. The molecule has 3 aromatic rings. The van der Waals surface area contributed by atoms with E-state index in [1.165, 1.54) is 18.2 Å². The van der Waals surface area contributed by atoms with Crippen molar-refractivity contribution < 1.29 is 18.3 Å². The largest absolute Gasteiger partial charge is 0.508 e. The van der Waals surface area contributed by atoms with Gasteiger partial charge in [0, 0.05) is 5.69 Å². The van der Waals surface area contributed by atoms with Crippen molar-refractivity contribution in [3.63, 3.8) is 0 Å². The van der Waals surface area contributed by atoms with Gasteiger partial charge in [-0.1, -0.05) is 0 Å². The van der Waals surface area contributed by atoms with Gasteiger partial charge in [0.2, 0.25) is 5.82 Å². The summed E-state index contributed by atoms with van der Waals surface area (Å²) < 4.78 is 31.6. The SMILES string of the molecule is Oc1ccc(Nc2nc3ccc(F)c(F)c3o2)cc1. The minimum Gasteiger partial charge on any atom is -0.508 e. The van der Waals surface area contributed by atoms with E-state index in [4.69, 9.17) is 9.52 Å². The maximum atomic E-state index is 13.4. The number of aromatic hydroxyl groups is 1. The van der Waals surface area contributed by atoms with E-state index < -0.39 is 11.6 Å². The highest BCUT2D eigenvalue weighted by Gasteiger charge is 2.14. The number of halogens is 2. The summed E-state index contributed by atoms with van der Waals surface area (Å²) in [6.45, 7) is 0. The van der Waals surface area contributed by atoms with Gasteiger partial charge in [-0.15, -0.1) is 0 Å². The van der Waals surface area contributed by atoms with E-state index in [1.807, 2.05) is 0 Å². The van der Waals surface area contributed by atoms with Gasteiger partial charge in [-0.05, 0) is 36.4 Å². The third-order valence-electron chi connectivity index (χ3n) is 2.57. The van der Waals surface area contributed by atoms with Gasteiger partial charge in [0.05, 0.1) is 0 Å². The van der Waals surface area contributed by atoms with Crippen molar-refractivity contribution in [3.05, 3.63) is 48.0 Å². The summed E-state index contributed by atoms with van der Waals surface area (Å²) in [6, 6.07) is 8.52. The van der Waals surface area contributed by atoms with Crippen molar-refractivity contribution in [2.45, 2.75) is 0 Å². The van der Waals surface area contributed by atoms with Crippen LogP contribution in [0.5, 0.6) is 5.75 Å². The van der Waals surface area contributed by atoms with Crippen LogP contribution in [-0.2, 0) is 0 Å². The molecule has 3 rings (SSSR count). The highest BCUT2D eigenvalue weighted by atomic mass is 19.2. The minimum atomic E-state index is -1.07. The maximum absolute atomic E-state index is 13.4. The van der Waals surface area contributed by atoms with Gasteiger partial charge >= 0.3 is 0 Å². The summed E-state index contributed by atoms with van der Waals surface area (Å²) in [5.41, 5.74) is 0.590. The number of nitrogens with zero attached hydrogens (tertiary/aromatic N) is 1. The number of phenolic OH excluding ortho intramolecular Hbond substituents is 1. The smallest absolute Gasteiger partial charge is 0.300 e. The van der Waals surface area contributed by atoms with Crippen LogP contribution in [0.4, 0.5) is 20.5 Å². The summed E-state index contributed by atoms with van der Waals surface area (Å²) in [4.78, 5) is 3.99. The van der Waals surface area contributed by atoms with Gasteiger partial charge in [-0.3, -0.25) is 0 Å². The first-order valence-corrected chi connectivity index (χ1v) is 5.44. The van der Waals surface area contributed by atoms with E-state index in [-0.39, 0.29) is 22.9 Å². The number of nitrogens with one attached hydrogen (secondary N) is 1. The fourth-order valence-corrected chi connectivity index (χ4v) is 1.66. The van der Waals surface area contributed by atoms with Crippen molar-refractivity contribution in [2.75, 3.05) is 5.32 Å². The molecule has 19 heavy (non-hydrogen) atoms. The molecular formula is C13H8F2N2O2. The van der Waals surface area contributed by atoms with Crippen LogP contribution in [0.3, 0.4) is 0 Å². The number of hydrogen-bond acceptors (Lipinski definition) is 4. The van der Waals surface area contributed by atoms with E-state index in [0.717, 1.165) is 6.07 Å². The molecule has 1 aromatic heterocycles. The average Bonchev–Trinajstić information content (AvgIpc) is 2.80. The fourth-order valence-electron chi connectivity index (χ4n) is 1.66. The Morgan fingerprint density at radius 3 is 2.53 bits per heavy atom. The number of anilines is 2. The van der Waals surface area contributed by atoms with Gasteiger partial charge in [0.15, 0.2) is 11.4 Å². The van der Waals surface area contributed by atoms with E-state index in [1.54, 1.807) is 12.1 Å². The molecule has 0 bridgehead atoms. The molecule has 0 aliphatic carbocycles. The predicted molar refractivity (Wildman–Crippen MR) is 65.3 cm³/mol. The number of fused-ring (bicyclic) bond motifs is 1. The van der Waals surface area contributed by atoms with Crippen LogP contribution in [-0.4, -0.2) is 10.1 Å². The highest BCUT2D eigenvalue weighted by molar-refractivity contribution is 5.76. The number of phenols is 1. The number of aromatic nitrogens is 1.